The van der Waals surface area contributed by atoms with Gasteiger partial charge in [-0.25, -0.2) is 0 Å². The predicted octanol–water partition coefficient (Wildman–Crippen LogP) is 0.505. The van der Waals surface area contributed by atoms with Crippen LogP contribution in [-0.4, -0.2) is 49.3 Å². The fraction of sp³-hybridized carbons (Fsp3) is 0.438. The zero-order chi connectivity index (χ0) is 17.6. The predicted molar refractivity (Wildman–Crippen MR) is 96.2 cm³/mol. The van der Waals surface area contributed by atoms with Gasteiger partial charge in [-0.3, -0.25) is 14.4 Å². The zero-order valence-corrected chi connectivity index (χ0v) is 15.3. The van der Waals surface area contributed by atoms with Crippen molar-refractivity contribution in [3.8, 4) is 0 Å². The quantitative estimate of drug-likeness (QED) is 0.690. The molecule has 7 nitrogen and oxygen atoms in total. The van der Waals surface area contributed by atoms with Gasteiger partial charge in [0.15, 0.2) is 0 Å². The van der Waals surface area contributed by atoms with Crippen LogP contribution in [0.4, 0.5) is 5.69 Å². The van der Waals surface area contributed by atoms with Crippen molar-refractivity contribution in [1.29, 1.82) is 0 Å². The van der Waals surface area contributed by atoms with Crippen LogP contribution in [0.2, 0.25) is 0 Å². The van der Waals surface area contributed by atoms with Crippen molar-refractivity contribution < 1.29 is 14.4 Å². The monoisotopic (exact) mass is 356 g/mol. The van der Waals surface area contributed by atoms with Crippen LogP contribution in [-0.2, 0) is 14.4 Å². The molecule has 0 bridgehead atoms. The van der Waals surface area contributed by atoms with Crippen molar-refractivity contribution in [3.63, 3.8) is 0 Å². The molecule has 3 amide bonds. The Morgan fingerprint density at radius 3 is 2.12 bits per heavy atom. The highest BCUT2D eigenvalue weighted by Gasteiger charge is 2.15. The van der Waals surface area contributed by atoms with Crippen LogP contribution in [0.25, 0.3) is 0 Å². The molecular formula is C16H25ClN4O3. The molecule has 0 aliphatic rings. The summed E-state index contributed by atoms with van der Waals surface area (Å²) >= 11 is 0. The van der Waals surface area contributed by atoms with Crippen LogP contribution in [0.5, 0.6) is 0 Å². The molecule has 0 radical (unpaired) electrons. The van der Waals surface area contributed by atoms with Crippen molar-refractivity contribution >= 4 is 35.8 Å². The van der Waals surface area contributed by atoms with Gasteiger partial charge in [0, 0.05) is 12.7 Å². The second kappa shape index (κ2) is 9.89. The van der Waals surface area contributed by atoms with E-state index in [1.807, 2.05) is 32.9 Å². The van der Waals surface area contributed by atoms with E-state index in [9.17, 15) is 14.4 Å². The SMILES string of the molecule is Cc1cc(C)c(NC(=O)CN(C)C(=O)CNC(=O)CN)c(C)c1.Cl. The fourth-order valence-electron chi connectivity index (χ4n) is 2.24. The number of halogens is 1. The van der Waals surface area contributed by atoms with E-state index in [2.05, 4.69) is 10.6 Å². The zero-order valence-electron chi connectivity index (χ0n) is 14.4. The molecule has 1 rings (SSSR count). The molecule has 1 aromatic carbocycles. The average Bonchev–Trinajstić information content (AvgIpc) is 2.47. The highest BCUT2D eigenvalue weighted by Crippen LogP contribution is 2.21. The minimum Gasteiger partial charge on any atom is -0.346 e. The number of aryl methyl sites for hydroxylation is 3. The number of carbonyl (C=O) groups excluding carboxylic acids is 3. The Hall–Kier alpha value is -2.12. The molecule has 8 heteroatoms. The van der Waals surface area contributed by atoms with Gasteiger partial charge in [0.25, 0.3) is 0 Å². The number of nitrogens with two attached hydrogens (primary N) is 1. The van der Waals surface area contributed by atoms with Crippen LogP contribution in [0.3, 0.4) is 0 Å². The van der Waals surface area contributed by atoms with Crippen LogP contribution in [0.1, 0.15) is 16.7 Å². The molecule has 0 saturated carbocycles. The highest BCUT2D eigenvalue weighted by atomic mass is 35.5. The second-order valence-electron chi connectivity index (χ2n) is 5.55. The Labute approximate surface area is 148 Å². The van der Waals surface area contributed by atoms with Gasteiger partial charge >= 0.3 is 0 Å². The number of rotatable bonds is 6. The summed E-state index contributed by atoms with van der Waals surface area (Å²) in [5.74, 6) is -1.07. The average molecular weight is 357 g/mol. The number of hydrogen-bond donors (Lipinski definition) is 3. The van der Waals surface area contributed by atoms with Gasteiger partial charge in [-0.2, -0.15) is 0 Å². The molecule has 1 aromatic rings. The topological polar surface area (TPSA) is 105 Å². The van der Waals surface area contributed by atoms with Crippen molar-refractivity contribution in [1.82, 2.24) is 10.2 Å². The molecule has 134 valence electrons. The molecule has 0 aliphatic heterocycles. The number of nitrogens with zero attached hydrogens (tertiary/aromatic N) is 1. The molecule has 0 aromatic heterocycles. The molecular weight excluding hydrogens is 332 g/mol. The molecule has 4 N–H and O–H groups in total. The second-order valence-corrected chi connectivity index (χ2v) is 5.55. The fourth-order valence-corrected chi connectivity index (χ4v) is 2.24. The van der Waals surface area contributed by atoms with E-state index in [0.717, 1.165) is 22.4 Å². The van der Waals surface area contributed by atoms with E-state index >= 15 is 0 Å². The van der Waals surface area contributed by atoms with E-state index in [4.69, 9.17) is 5.73 Å². The van der Waals surface area contributed by atoms with Gasteiger partial charge < -0.3 is 21.3 Å². The minimum atomic E-state index is -0.415. The van der Waals surface area contributed by atoms with Crippen molar-refractivity contribution in [2.75, 3.05) is 32.0 Å². The van der Waals surface area contributed by atoms with Gasteiger partial charge in [0.2, 0.25) is 17.7 Å². The lowest BCUT2D eigenvalue weighted by molar-refractivity contribution is -0.134. The summed E-state index contributed by atoms with van der Waals surface area (Å²) in [7, 11) is 1.51. The third kappa shape index (κ3) is 6.55. The van der Waals surface area contributed by atoms with Crippen LogP contribution >= 0.6 is 12.4 Å². The Bertz CT molecular complexity index is 596. The lowest BCUT2D eigenvalue weighted by Gasteiger charge is -2.18. The molecule has 0 heterocycles. The first-order valence-electron chi connectivity index (χ1n) is 7.33. The maximum Gasteiger partial charge on any atom is 0.243 e. The first kappa shape index (κ1) is 21.9. The van der Waals surface area contributed by atoms with Gasteiger partial charge in [0.1, 0.15) is 0 Å². The third-order valence-corrected chi connectivity index (χ3v) is 3.37. The number of anilines is 1. The first-order valence-corrected chi connectivity index (χ1v) is 7.33. The number of carbonyl (C=O) groups is 3. The Balaban J connectivity index is 0.00000529. The Kier molecular flexibility index (Phi) is 9.02. The lowest BCUT2D eigenvalue weighted by atomic mass is 10.1. The standard InChI is InChI=1S/C16H24N4O3.ClH/c1-10-5-11(2)16(12(3)6-10)19-14(22)9-20(4)15(23)8-18-13(21)7-17;/h5-6H,7-9,17H2,1-4H3,(H,18,21)(H,19,22);1H. The van der Waals surface area contributed by atoms with Gasteiger partial charge in [-0.05, 0) is 31.9 Å². The number of hydrogen-bond acceptors (Lipinski definition) is 4. The summed E-state index contributed by atoms with van der Waals surface area (Å²) in [6.45, 7) is 5.39. The van der Waals surface area contributed by atoms with Crippen LogP contribution < -0.4 is 16.4 Å². The largest absolute Gasteiger partial charge is 0.346 e. The summed E-state index contributed by atoms with van der Waals surface area (Å²) < 4.78 is 0. The van der Waals surface area contributed by atoms with Gasteiger partial charge in [0.05, 0.1) is 19.6 Å². The summed E-state index contributed by atoms with van der Waals surface area (Å²) in [6.07, 6.45) is 0. The van der Waals surface area contributed by atoms with Gasteiger partial charge in [-0.1, -0.05) is 17.7 Å². The van der Waals surface area contributed by atoms with E-state index < -0.39 is 5.91 Å². The Morgan fingerprint density at radius 1 is 1.08 bits per heavy atom. The highest BCUT2D eigenvalue weighted by molar-refractivity contribution is 5.96. The maximum atomic E-state index is 12.1. The lowest BCUT2D eigenvalue weighted by Crippen LogP contribution is -2.42. The van der Waals surface area contributed by atoms with Gasteiger partial charge in [-0.15, -0.1) is 12.4 Å². The van der Waals surface area contributed by atoms with E-state index in [1.54, 1.807) is 0 Å². The summed E-state index contributed by atoms with van der Waals surface area (Å²) in [5, 5.41) is 5.20. The molecule has 0 fully saturated rings. The molecule has 0 atom stereocenters. The number of amides is 3. The normalized spacial score (nSPS) is 9.71. The van der Waals surface area contributed by atoms with E-state index in [1.165, 1.54) is 11.9 Å². The number of likely N-dealkylation sites (N-methyl/N-ethyl adjacent to an activating group) is 1. The maximum absolute atomic E-state index is 12.1. The molecule has 0 saturated heterocycles. The van der Waals surface area contributed by atoms with E-state index in [0.29, 0.717) is 0 Å². The molecule has 0 aliphatic carbocycles. The summed E-state index contributed by atoms with van der Waals surface area (Å²) in [4.78, 5) is 36.2. The van der Waals surface area contributed by atoms with E-state index in [-0.39, 0.29) is 43.9 Å². The number of nitrogens with one attached hydrogen (secondary N) is 2. The number of benzene rings is 1. The summed E-state index contributed by atoms with van der Waals surface area (Å²) in [6, 6.07) is 3.97. The molecule has 0 spiro atoms. The third-order valence-electron chi connectivity index (χ3n) is 3.37. The minimum absolute atomic E-state index is 0. The molecule has 0 unspecified atom stereocenters. The van der Waals surface area contributed by atoms with Crippen molar-refractivity contribution in [2.24, 2.45) is 5.73 Å². The summed E-state index contributed by atoms with van der Waals surface area (Å²) in [5.41, 5.74) is 8.97. The van der Waals surface area contributed by atoms with Crippen LogP contribution in [0, 0.1) is 20.8 Å². The Morgan fingerprint density at radius 2 is 1.62 bits per heavy atom. The first-order chi connectivity index (χ1) is 10.7. The van der Waals surface area contributed by atoms with Crippen molar-refractivity contribution in [2.45, 2.75) is 20.8 Å². The smallest absolute Gasteiger partial charge is 0.243 e. The van der Waals surface area contributed by atoms with Crippen LogP contribution in [0.15, 0.2) is 12.1 Å². The van der Waals surface area contributed by atoms with Crippen molar-refractivity contribution in [3.05, 3.63) is 28.8 Å². The molecule has 24 heavy (non-hydrogen) atoms.